The molecule has 1 aliphatic heterocycles. The molecule has 0 saturated carbocycles. The van der Waals surface area contributed by atoms with Crippen LogP contribution in [0, 0.1) is 0 Å². The number of nitrogens with zero attached hydrogens (tertiary/aromatic N) is 2. The number of benzene rings is 1. The molecule has 1 aromatic heterocycles. The average Bonchev–Trinajstić information content (AvgIpc) is 3.23. The Balaban J connectivity index is 1.62. The van der Waals surface area contributed by atoms with Gasteiger partial charge >= 0.3 is 0 Å². The highest BCUT2D eigenvalue weighted by atomic mass is 35.5. The quantitative estimate of drug-likeness (QED) is 0.358. The molecule has 0 bridgehead atoms. The molecule has 7 nitrogen and oxygen atoms in total. The minimum atomic E-state index is -0.643. The van der Waals surface area contributed by atoms with Crippen LogP contribution in [0.3, 0.4) is 0 Å². The number of nitrogens with one attached hydrogen (secondary N) is 1. The van der Waals surface area contributed by atoms with Crippen molar-refractivity contribution >= 4 is 30.2 Å². The van der Waals surface area contributed by atoms with Gasteiger partial charge in [-0.3, -0.25) is 0 Å². The fourth-order valence-electron chi connectivity index (χ4n) is 3.40. The molecule has 0 radical (unpaired) electrons. The molecule has 2 aromatic rings. The molecule has 2 heterocycles. The Bertz CT molecular complexity index is 1060. The second-order valence-corrected chi connectivity index (χ2v) is 8.65. The van der Waals surface area contributed by atoms with Gasteiger partial charge in [0.25, 0.3) is 6.01 Å². The summed E-state index contributed by atoms with van der Waals surface area (Å²) in [5.41, 5.74) is 2.91. The third kappa shape index (κ3) is 8.64. The standard InChI is InChI=1S/C27H32ClN3O4/c1-4-5-6-7-8-9-20-10-12-21(13-11-20)14-22(28)15-24-26(29-3)31-27(30-24)35-25-18-33-16-23(32)17-34-19(25)2/h4-8,10-13,15,19,23,25,32H,1,3,9,14,16-18H2,2H3,(H,30,31)/b6-5-,8-7-,22-15+/t19-,23?,25?/m0/s1. The molecule has 8 heteroatoms. The maximum Gasteiger partial charge on any atom is 0.296 e. The van der Waals surface area contributed by atoms with Crippen molar-refractivity contribution in [3.63, 3.8) is 0 Å². The van der Waals surface area contributed by atoms with Crippen molar-refractivity contribution in [2.24, 2.45) is 4.99 Å². The summed E-state index contributed by atoms with van der Waals surface area (Å²) in [4.78, 5) is 11.4. The Hall–Kier alpha value is -2.97. The van der Waals surface area contributed by atoms with Gasteiger partial charge in [0.1, 0.15) is 6.10 Å². The van der Waals surface area contributed by atoms with Crippen LogP contribution in [0.5, 0.6) is 6.01 Å². The highest BCUT2D eigenvalue weighted by Gasteiger charge is 2.26. The largest absolute Gasteiger partial charge is 0.456 e. The first-order valence-corrected chi connectivity index (χ1v) is 11.8. The number of hydrogen-bond acceptors (Lipinski definition) is 6. The maximum absolute atomic E-state index is 9.69. The number of aromatic nitrogens is 2. The monoisotopic (exact) mass is 497 g/mol. The third-order valence-electron chi connectivity index (χ3n) is 5.32. The van der Waals surface area contributed by atoms with Crippen LogP contribution in [0.1, 0.15) is 23.7 Å². The van der Waals surface area contributed by atoms with Crippen LogP contribution >= 0.6 is 11.6 Å². The van der Waals surface area contributed by atoms with Gasteiger partial charge in [-0.05, 0) is 37.3 Å². The van der Waals surface area contributed by atoms with E-state index in [-0.39, 0.29) is 31.9 Å². The molecule has 186 valence electrons. The Morgan fingerprint density at radius 1 is 1.23 bits per heavy atom. The van der Waals surface area contributed by atoms with Crippen molar-refractivity contribution in [3.05, 3.63) is 83.1 Å². The molecule has 2 unspecified atom stereocenters. The summed E-state index contributed by atoms with van der Waals surface area (Å²) in [6.07, 6.45) is 11.6. The molecule has 0 amide bonds. The normalized spacial score (nSPS) is 21.7. The maximum atomic E-state index is 9.69. The summed E-state index contributed by atoms with van der Waals surface area (Å²) in [5.74, 6) is 0.390. The van der Waals surface area contributed by atoms with Crippen LogP contribution in [-0.4, -0.2) is 59.9 Å². The molecule has 0 spiro atoms. The number of rotatable bonds is 10. The van der Waals surface area contributed by atoms with Gasteiger partial charge in [0.05, 0.1) is 31.6 Å². The Morgan fingerprint density at radius 2 is 2.00 bits per heavy atom. The lowest BCUT2D eigenvalue weighted by Gasteiger charge is -2.28. The predicted molar refractivity (Wildman–Crippen MR) is 141 cm³/mol. The highest BCUT2D eigenvalue weighted by molar-refractivity contribution is 6.31. The molecule has 35 heavy (non-hydrogen) atoms. The van der Waals surface area contributed by atoms with Gasteiger partial charge in [-0.2, -0.15) is 4.98 Å². The predicted octanol–water partition coefficient (Wildman–Crippen LogP) is 4.95. The summed E-state index contributed by atoms with van der Waals surface area (Å²) < 4.78 is 17.1. The fourth-order valence-corrected chi connectivity index (χ4v) is 3.66. The first kappa shape index (κ1) is 26.6. The van der Waals surface area contributed by atoms with Crippen molar-refractivity contribution in [3.8, 4) is 6.01 Å². The fraction of sp³-hybridized carbons (Fsp3) is 0.333. The molecule has 1 fully saturated rings. The summed E-state index contributed by atoms with van der Waals surface area (Å²) in [7, 11) is 0. The van der Waals surface area contributed by atoms with Gasteiger partial charge < -0.3 is 24.3 Å². The molecule has 0 aliphatic carbocycles. The van der Waals surface area contributed by atoms with E-state index in [2.05, 4.69) is 58.6 Å². The minimum absolute atomic E-state index is 0.187. The van der Waals surface area contributed by atoms with Crippen LogP contribution in [-0.2, 0) is 22.3 Å². The Morgan fingerprint density at radius 3 is 2.74 bits per heavy atom. The van der Waals surface area contributed by atoms with E-state index in [1.807, 2.05) is 25.2 Å². The lowest BCUT2D eigenvalue weighted by atomic mass is 10.1. The van der Waals surface area contributed by atoms with E-state index in [1.165, 1.54) is 5.56 Å². The lowest BCUT2D eigenvalue weighted by Crippen LogP contribution is -2.41. The molecule has 1 aliphatic rings. The number of halogens is 1. The van der Waals surface area contributed by atoms with E-state index in [1.54, 1.807) is 12.2 Å². The summed E-state index contributed by atoms with van der Waals surface area (Å²) in [5, 5.41) is 10.3. The molecule has 3 atom stereocenters. The van der Waals surface area contributed by atoms with Crippen LogP contribution in [0.25, 0.3) is 6.08 Å². The topological polar surface area (TPSA) is 89.0 Å². The number of H-pyrrole nitrogens is 1. The number of aliphatic hydroxyl groups excluding tert-OH is 1. The number of ether oxygens (including phenoxy) is 3. The van der Waals surface area contributed by atoms with E-state index in [4.69, 9.17) is 25.8 Å². The van der Waals surface area contributed by atoms with Crippen molar-refractivity contribution in [1.29, 1.82) is 0 Å². The van der Waals surface area contributed by atoms with Crippen molar-refractivity contribution in [2.75, 3.05) is 19.8 Å². The van der Waals surface area contributed by atoms with E-state index >= 15 is 0 Å². The van der Waals surface area contributed by atoms with E-state index in [0.717, 1.165) is 12.0 Å². The third-order valence-corrected chi connectivity index (χ3v) is 5.56. The molecule has 2 N–H and O–H groups in total. The number of imidazole rings is 1. The zero-order valence-corrected chi connectivity index (χ0v) is 20.7. The lowest BCUT2D eigenvalue weighted by molar-refractivity contribution is -0.120. The number of hydrogen-bond donors (Lipinski definition) is 2. The smallest absolute Gasteiger partial charge is 0.296 e. The van der Waals surface area contributed by atoms with Crippen LogP contribution < -0.4 is 4.74 Å². The summed E-state index contributed by atoms with van der Waals surface area (Å²) in [6.45, 7) is 9.75. The van der Waals surface area contributed by atoms with Crippen molar-refractivity contribution < 1.29 is 19.3 Å². The summed E-state index contributed by atoms with van der Waals surface area (Å²) >= 11 is 6.55. The minimum Gasteiger partial charge on any atom is -0.456 e. The molecule has 3 rings (SSSR count). The van der Waals surface area contributed by atoms with Crippen LogP contribution in [0.15, 0.2) is 71.2 Å². The van der Waals surface area contributed by atoms with Crippen LogP contribution in [0.4, 0.5) is 5.82 Å². The van der Waals surface area contributed by atoms with Crippen molar-refractivity contribution in [2.45, 2.75) is 38.1 Å². The van der Waals surface area contributed by atoms with Gasteiger partial charge in [0.15, 0.2) is 11.9 Å². The first-order chi connectivity index (χ1) is 17.0. The zero-order chi connectivity index (χ0) is 25.0. The number of aliphatic hydroxyl groups is 1. The number of aliphatic imine (C=N–C) groups is 1. The van der Waals surface area contributed by atoms with E-state index < -0.39 is 12.2 Å². The molecular weight excluding hydrogens is 466 g/mol. The number of allylic oxidation sites excluding steroid dienone is 6. The zero-order valence-electron chi connectivity index (χ0n) is 19.9. The van der Waals surface area contributed by atoms with Gasteiger partial charge in [-0.25, -0.2) is 4.99 Å². The van der Waals surface area contributed by atoms with Crippen molar-refractivity contribution in [1.82, 2.24) is 9.97 Å². The highest BCUT2D eigenvalue weighted by Crippen LogP contribution is 2.26. The average molecular weight is 498 g/mol. The Kier molecular flexibility index (Phi) is 10.5. The molecular formula is C27H32ClN3O4. The van der Waals surface area contributed by atoms with E-state index in [0.29, 0.717) is 23.0 Å². The van der Waals surface area contributed by atoms with Gasteiger partial charge in [-0.1, -0.05) is 72.8 Å². The van der Waals surface area contributed by atoms with Gasteiger partial charge in [0.2, 0.25) is 0 Å². The molecule has 1 saturated heterocycles. The van der Waals surface area contributed by atoms with Gasteiger partial charge in [-0.15, -0.1) is 0 Å². The van der Waals surface area contributed by atoms with Gasteiger partial charge in [0, 0.05) is 11.5 Å². The Labute approximate surface area is 211 Å². The van der Waals surface area contributed by atoms with Crippen LogP contribution in [0.2, 0.25) is 0 Å². The molecule has 1 aromatic carbocycles. The first-order valence-electron chi connectivity index (χ1n) is 11.5. The number of aromatic amines is 1. The second-order valence-electron chi connectivity index (χ2n) is 8.16. The van der Waals surface area contributed by atoms with E-state index in [9.17, 15) is 5.11 Å². The second kappa shape index (κ2) is 13.8. The summed E-state index contributed by atoms with van der Waals surface area (Å²) in [6, 6.07) is 8.60. The SMILES string of the molecule is C=C/C=C\C=C/Cc1ccc(C/C(Cl)=C\c2[nH]c(OC3COCC(O)CO[C@H]3C)nc2N=C)cc1.